The average molecular weight is 190 g/mol. The highest BCUT2D eigenvalue weighted by Gasteiger charge is 2.09. The average Bonchev–Trinajstić information content (AvgIpc) is 2.72. The first-order chi connectivity index (χ1) is 6.86. The molecule has 2 aromatic heterocycles. The Morgan fingerprint density at radius 2 is 2.36 bits per heavy atom. The van der Waals surface area contributed by atoms with E-state index in [1.807, 2.05) is 19.1 Å². The highest BCUT2D eigenvalue weighted by Crippen LogP contribution is 2.16. The molecule has 0 aliphatic carbocycles. The van der Waals surface area contributed by atoms with Crippen LogP contribution in [-0.4, -0.2) is 20.4 Å². The van der Waals surface area contributed by atoms with Gasteiger partial charge in [-0.25, -0.2) is 4.98 Å². The molecule has 0 aliphatic rings. The highest BCUT2D eigenvalue weighted by molar-refractivity contribution is 5.11. The van der Waals surface area contributed by atoms with E-state index in [1.54, 1.807) is 18.5 Å². The molecule has 0 aliphatic heterocycles. The van der Waals surface area contributed by atoms with Gasteiger partial charge in [0.05, 0.1) is 6.20 Å². The van der Waals surface area contributed by atoms with Gasteiger partial charge in [-0.2, -0.15) is 15.4 Å². The van der Waals surface area contributed by atoms with Gasteiger partial charge in [0, 0.05) is 12.3 Å². The molecule has 2 rings (SSSR count). The van der Waals surface area contributed by atoms with Crippen LogP contribution in [-0.2, 0) is 0 Å². The minimum Gasteiger partial charge on any atom is -0.468 e. The molecule has 2 heterocycles. The fourth-order valence-corrected chi connectivity index (χ4v) is 1.06. The second kappa shape index (κ2) is 3.87. The molecule has 0 radical (unpaired) electrons. The monoisotopic (exact) mass is 190 g/mol. The number of hydrogen-bond donors (Lipinski definition) is 1. The summed E-state index contributed by atoms with van der Waals surface area (Å²) in [4.78, 5) is 4.05. The number of nitrogens with zero attached hydrogens (tertiary/aromatic N) is 3. The molecule has 0 aromatic carbocycles. The molecule has 72 valence electrons. The summed E-state index contributed by atoms with van der Waals surface area (Å²) in [6.45, 7) is 1.90. The van der Waals surface area contributed by atoms with Crippen molar-refractivity contribution in [1.29, 1.82) is 0 Å². The van der Waals surface area contributed by atoms with E-state index in [4.69, 9.17) is 4.74 Å². The van der Waals surface area contributed by atoms with Crippen molar-refractivity contribution in [3.05, 3.63) is 36.3 Å². The zero-order valence-corrected chi connectivity index (χ0v) is 7.71. The fourth-order valence-electron chi connectivity index (χ4n) is 1.06. The summed E-state index contributed by atoms with van der Waals surface area (Å²) in [6, 6.07) is 5.52. The summed E-state index contributed by atoms with van der Waals surface area (Å²) in [5, 5.41) is 10.2. The maximum atomic E-state index is 5.53. The Labute approximate surface area is 81.1 Å². The van der Waals surface area contributed by atoms with E-state index >= 15 is 0 Å². The lowest BCUT2D eigenvalue weighted by Crippen LogP contribution is -2.04. The molecule has 0 saturated carbocycles. The fraction of sp³-hybridized carbons (Fsp3) is 0.222. The number of aromatic nitrogens is 4. The van der Waals surface area contributed by atoms with Crippen molar-refractivity contribution in [3.8, 4) is 5.88 Å². The molecular formula is C9H10N4O. The third-order valence-corrected chi connectivity index (χ3v) is 1.79. The molecule has 0 bridgehead atoms. The Morgan fingerprint density at radius 1 is 1.43 bits per heavy atom. The van der Waals surface area contributed by atoms with Crippen LogP contribution in [0.5, 0.6) is 5.88 Å². The Kier molecular flexibility index (Phi) is 2.40. The molecule has 5 heteroatoms. The number of ether oxygens (including phenoxy) is 1. The number of hydrogen-bond acceptors (Lipinski definition) is 4. The molecular weight excluding hydrogens is 180 g/mol. The lowest BCUT2D eigenvalue weighted by molar-refractivity contribution is 0.212. The van der Waals surface area contributed by atoms with E-state index in [9.17, 15) is 0 Å². The number of rotatable bonds is 3. The van der Waals surface area contributed by atoms with Crippen LogP contribution in [0.3, 0.4) is 0 Å². The molecule has 1 atom stereocenters. The Hall–Kier alpha value is -1.91. The van der Waals surface area contributed by atoms with Crippen LogP contribution < -0.4 is 4.74 Å². The molecule has 5 nitrogen and oxygen atoms in total. The maximum absolute atomic E-state index is 5.53. The largest absolute Gasteiger partial charge is 0.468 e. The summed E-state index contributed by atoms with van der Waals surface area (Å²) >= 11 is 0. The van der Waals surface area contributed by atoms with Crippen molar-refractivity contribution in [3.63, 3.8) is 0 Å². The third-order valence-electron chi connectivity index (χ3n) is 1.79. The van der Waals surface area contributed by atoms with Crippen LogP contribution >= 0.6 is 0 Å². The van der Waals surface area contributed by atoms with Crippen LogP contribution in [0.2, 0.25) is 0 Å². The van der Waals surface area contributed by atoms with Crippen molar-refractivity contribution in [2.45, 2.75) is 13.0 Å². The first-order valence-corrected chi connectivity index (χ1v) is 4.29. The molecule has 0 amide bonds. The van der Waals surface area contributed by atoms with Gasteiger partial charge >= 0.3 is 0 Å². The number of pyridine rings is 1. The second-order valence-electron chi connectivity index (χ2n) is 2.82. The van der Waals surface area contributed by atoms with Crippen molar-refractivity contribution >= 4 is 0 Å². The third kappa shape index (κ3) is 1.87. The Bertz CT molecular complexity index is 373. The van der Waals surface area contributed by atoms with E-state index < -0.39 is 0 Å². The van der Waals surface area contributed by atoms with Gasteiger partial charge in [0.2, 0.25) is 5.88 Å². The van der Waals surface area contributed by atoms with Crippen molar-refractivity contribution in [2.24, 2.45) is 0 Å². The van der Waals surface area contributed by atoms with E-state index in [-0.39, 0.29) is 6.10 Å². The summed E-state index contributed by atoms with van der Waals surface area (Å²) < 4.78 is 5.53. The topological polar surface area (TPSA) is 63.7 Å². The minimum atomic E-state index is -0.149. The smallest absolute Gasteiger partial charge is 0.213 e. The van der Waals surface area contributed by atoms with Gasteiger partial charge in [0.1, 0.15) is 11.8 Å². The lowest BCUT2D eigenvalue weighted by atomic mass is 10.3. The van der Waals surface area contributed by atoms with E-state index in [2.05, 4.69) is 20.4 Å². The summed E-state index contributed by atoms with van der Waals surface area (Å²) in [5.74, 6) is 0.586. The van der Waals surface area contributed by atoms with Gasteiger partial charge < -0.3 is 4.74 Å². The minimum absolute atomic E-state index is 0.149. The Morgan fingerprint density at radius 3 is 3.00 bits per heavy atom. The van der Waals surface area contributed by atoms with E-state index in [1.165, 1.54) is 0 Å². The zero-order valence-electron chi connectivity index (χ0n) is 7.71. The maximum Gasteiger partial charge on any atom is 0.213 e. The van der Waals surface area contributed by atoms with Crippen molar-refractivity contribution in [1.82, 2.24) is 20.4 Å². The first-order valence-electron chi connectivity index (χ1n) is 4.29. The number of nitrogens with one attached hydrogen (secondary N) is 1. The molecule has 1 N–H and O–H groups in total. The van der Waals surface area contributed by atoms with Crippen LogP contribution in [0.1, 0.15) is 18.7 Å². The van der Waals surface area contributed by atoms with Crippen molar-refractivity contribution < 1.29 is 4.74 Å². The number of H-pyrrole nitrogens is 1. The summed E-state index contributed by atoms with van der Waals surface area (Å²) in [6.07, 6.45) is 3.17. The van der Waals surface area contributed by atoms with Crippen LogP contribution in [0, 0.1) is 0 Å². The molecule has 1 unspecified atom stereocenters. The molecule has 2 aromatic rings. The highest BCUT2D eigenvalue weighted by atomic mass is 16.5. The predicted molar refractivity (Wildman–Crippen MR) is 49.7 cm³/mol. The van der Waals surface area contributed by atoms with Crippen LogP contribution in [0.15, 0.2) is 30.6 Å². The predicted octanol–water partition coefficient (Wildman–Crippen LogP) is 1.34. The van der Waals surface area contributed by atoms with E-state index in [0.717, 1.165) is 5.69 Å². The zero-order chi connectivity index (χ0) is 9.80. The lowest BCUT2D eigenvalue weighted by Gasteiger charge is -2.09. The number of aromatic amines is 1. The normalized spacial score (nSPS) is 12.4. The quantitative estimate of drug-likeness (QED) is 0.793. The van der Waals surface area contributed by atoms with E-state index in [0.29, 0.717) is 5.88 Å². The summed E-state index contributed by atoms with van der Waals surface area (Å²) in [7, 11) is 0. The van der Waals surface area contributed by atoms with Gasteiger partial charge in [-0.05, 0) is 13.0 Å². The second-order valence-corrected chi connectivity index (χ2v) is 2.82. The van der Waals surface area contributed by atoms with Crippen LogP contribution in [0.4, 0.5) is 0 Å². The van der Waals surface area contributed by atoms with Gasteiger partial charge in [-0.3, -0.25) is 0 Å². The first kappa shape index (κ1) is 8.68. The molecule has 0 spiro atoms. The summed E-state index contributed by atoms with van der Waals surface area (Å²) in [5.41, 5.74) is 0.760. The molecule has 0 fully saturated rings. The van der Waals surface area contributed by atoms with Crippen molar-refractivity contribution in [2.75, 3.05) is 0 Å². The van der Waals surface area contributed by atoms with Crippen LogP contribution in [0.25, 0.3) is 0 Å². The van der Waals surface area contributed by atoms with Gasteiger partial charge in [-0.15, -0.1) is 0 Å². The van der Waals surface area contributed by atoms with Gasteiger partial charge in [0.15, 0.2) is 0 Å². The molecule has 0 saturated heterocycles. The van der Waals surface area contributed by atoms with Gasteiger partial charge in [0.25, 0.3) is 0 Å². The standard InChI is InChI=1S/C9H10N4O/c1-7(8-6-11-13-12-8)14-9-4-2-3-5-10-9/h2-7H,1H3,(H,11,12,13). The molecule has 14 heavy (non-hydrogen) atoms. The Balaban J connectivity index is 2.06. The SMILES string of the molecule is CC(Oc1ccccn1)c1cn[nH]n1. The van der Waals surface area contributed by atoms with Gasteiger partial charge in [-0.1, -0.05) is 6.07 Å².